The minimum Gasteiger partial charge on any atom is -0.386 e. The standard InChI is InChI=1S/C15H24O2/c16-15(9-2-1-3-10-15)13-6-11-17-14(12-13)7-4-5-8-14/h2,9,13,16H,1,3-8,10-12H2. The molecule has 2 unspecified atom stereocenters. The van der Waals surface area contributed by atoms with Crippen LogP contribution in [0.1, 0.15) is 57.8 Å². The molecule has 0 amide bonds. The molecule has 0 bridgehead atoms. The van der Waals surface area contributed by atoms with Gasteiger partial charge in [0.25, 0.3) is 0 Å². The molecule has 2 aliphatic carbocycles. The van der Waals surface area contributed by atoms with Crippen LogP contribution < -0.4 is 0 Å². The lowest BCUT2D eigenvalue weighted by Crippen LogP contribution is -2.47. The molecule has 3 aliphatic rings. The van der Waals surface area contributed by atoms with E-state index in [9.17, 15) is 5.11 Å². The van der Waals surface area contributed by atoms with Crippen molar-refractivity contribution in [3.63, 3.8) is 0 Å². The molecule has 1 N–H and O–H groups in total. The second-order valence-corrected chi connectivity index (χ2v) is 6.21. The van der Waals surface area contributed by atoms with Crippen LogP contribution in [0.5, 0.6) is 0 Å². The van der Waals surface area contributed by atoms with E-state index >= 15 is 0 Å². The number of ether oxygens (including phenoxy) is 1. The molecule has 2 heteroatoms. The largest absolute Gasteiger partial charge is 0.386 e. The summed E-state index contributed by atoms with van der Waals surface area (Å²) in [4.78, 5) is 0. The molecule has 0 aromatic heterocycles. The lowest BCUT2D eigenvalue weighted by atomic mass is 9.71. The summed E-state index contributed by atoms with van der Waals surface area (Å²) < 4.78 is 6.06. The summed E-state index contributed by atoms with van der Waals surface area (Å²) in [6.07, 6.45) is 14.6. The van der Waals surface area contributed by atoms with Gasteiger partial charge in [0.15, 0.2) is 0 Å². The maximum atomic E-state index is 10.8. The fraction of sp³-hybridized carbons (Fsp3) is 0.867. The van der Waals surface area contributed by atoms with Gasteiger partial charge in [-0.25, -0.2) is 0 Å². The van der Waals surface area contributed by atoms with Crippen LogP contribution in [0.15, 0.2) is 12.2 Å². The second kappa shape index (κ2) is 4.40. The molecule has 3 rings (SSSR count). The van der Waals surface area contributed by atoms with Crippen molar-refractivity contribution in [3.8, 4) is 0 Å². The van der Waals surface area contributed by atoms with E-state index in [0.717, 1.165) is 38.7 Å². The molecule has 0 aromatic carbocycles. The van der Waals surface area contributed by atoms with Crippen LogP contribution >= 0.6 is 0 Å². The van der Waals surface area contributed by atoms with E-state index in [4.69, 9.17) is 4.74 Å². The Morgan fingerprint density at radius 3 is 2.65 bits per heavy atom. The van der Waals surface area contributed by atoms with Crippen LogP contribution in [0.2, 0.25) is 0 Å². The van der Waals surface area contributed by atoms with E-state index in [-0.39, 0.29) is 5.60 Å². The maximum absolute atomic E-state index is 10.8. The van der Waals surface area contributed by atoms with Crippen LogP contribution in [0.3, 0.4) is 0 Å². The summed E-state index contributed by atoms with van der Waals surface area (Å²) in [6, 6.07) is 0. The van der Waals surface area contributed by atoms with Gasteiger partial charge >= 0.3 is 0 Å². The predicted octanol–water partition coefficient (Wildman–Crippen LogP) is 3.20. The molecule has 2 nitrogen and oxygen atoms in total. The molecule has 1 aliphatic heterocycles. The van der Waals surface area contributed by atoms with Gasteiger partial charge in [0.05, 0.1) is 11.2 Å². The molecule has 1 saturated carbocycles. The van der Waals surface area contributed by atoms with Crippen LogP contribution in [0.4, 0.5) is 0 Å². The molecule has 2 fully saturated rings. The molecule has 1 saturated heterocycles. The summed E-state index contributed by atoms with van der Waals surface area (Å²) in [5, 5.41) is 10.8. The molecule has 96 valence electrons. The third kappa shape index (κ3) is 2.17. The summed E-state index contributed by atoms with van der Waals surface area (Å²) in [5.74, 6) is 0.422. The highest BCUT2D eigenvalue weighted by Crippen LogP contribution is 2.46. The lowest BCUT2D eigenvalue weighted by molar-refractivity contribution is -0.130. The Morgan fingerprint density at radius 2 is 1.94 bits per heavy atom. The quantitative estimate of drug-likeness (QED) is 0.708. The van der Waals surface area contributed by atoms with Gasteiger partial charge in [0.2, 0.25) is 0 Å². The van der Waals surface area contributed by atoms with Crippen molar-refractivity contribution in [2.45, 2.75) is 69.0 Å². The number of hydrogen-bond donors (Lipinski definition) is 1. The van der Waals surface area contributed by atoms with Gasteiger partial charge in [-0.2, -0.15) is 0 Å². The molecule has 2 atom stereocenters. The summed E-state index contributed by atoms with van der Waals surface area (Å²) in [5.41, 5.74) is -0.401. The van der Waals surface area contributed by atoms with E-state index in [0.29, 0.717) is 5.92 Å². The highest BCUT2D eigenvalue weighted by atomic mass is 16.5. The van der Waals surface area contributed by atoms with E-state index in [1.165, 1.54) is 25.7 Å². The zero-order valence-electron chi connectivity index (χ0n) is 10.7. The van der Waals surface area contributed by atoms with Crippen molar-refractivity contribution in [1.29, 1.82) is 0 Å². The van der Waals surface area contributed by atoms with Gasteiger partial charge in [-0.1, -0.05) is 25.0 Å². The first-order chi connectivity index (χ1) is 8.23. The Morgan fingerprint density at radius 1 is 1.12 bits per heavy atom. The van der Waals surface area contributed by atoms with Crippen molar-refractivity contribution in [1.82, 2.24) is 0 Å². The van der Waals surface area contributed by atoms with Crippen LogP contribution in [0.25, 0.3) is 0 Å². The average molecular weight is 236 g/mol. The van der Waals surface area contributed by atoms with Gasteiger partial charge in [-0.05, 0) is 50.9 Å². The highest BCUT2D eigenvalue weighted by molar-refractivity contribution is 5.10. The first kappa shape index (κ1) is 11.7. The van der Waals surface area contributed by atoms with Crippen LogP contribution in [-0.2, 0) is 4.74 Å². The minimum atomic E-state index is -0.530. The average Bonchev–Trinajstić information content (AvgIpc) is 2.78. The van der Waals surface area contributed by atoms with Crippen molar-refractivity contribution in [3.05, 3.63) is 12.2 Å². The zero-order chi connectivity index (χ0) is 11.8. The van der Waals surface area contributed by atoms with Gasteiger partial charge in [0.1, 0.15) is 0 Å². The van der Waals surface area contributed by atoms with E-state index in [1.54, 1.807) is 0 Å². The Kier molecular flexibility index (Phi) is 3.04. The van der Waals surface area contributed by atoms with E-state index < -0.39 is 5.60 Å². The van der Waals surface area contributed by atoms with E-state index in [2.05, 4.69) is 12.2 Å². The first-order valence-corrected chi connectivity index (χ1v) is 7.27. The Bertz CT molecular complexity index is 304. The fourth-order valence-electron chi connectivity index (χ4n) is 4.04. The SMILES string of the molecule is OC1(C2CCOC3(CCCC3)C2)C=CCCC1. The maximum Gasteiger partial charge on any atom is 0.0857 e. The monoisotopic (exact) mass is 236 g/mol. The Balaban J connectivity index is 1.74. The van der Waals surface area contributed by atoms with Gasteiger partial charge in [-0.3, -0.25) is 0 Å². The number of allylic oxidation sites excluding steroid dienone is 1. The zero-order valence-corrected chi connectivity index (χ0v) is 10.7. The Labute approximate surface area is 104 Å². The molecule has 0 aromatic rings. The number of rotatable bonds is 1. The molecule has 0 radical (unpaired) electrons. The molecular formula is C15H24O2. The number of hydrogen-bond acceptors (Lipinski definition) is 2. The third-order valence-electron chi connectivity index (χ3n) is 5.07. The third-order valence-corrected chi connectivity index (χ3v) is 5.07. The molecular weight excluding hydrogens is 212 g/mol. The van der Waals surface area contributed by atoms with Gasteiger partial charge < -0.3 is 9.84 Å². The molecule has 17 heavy (non-hydrogen) atoms. The van der Waals surface area contributed by atoms with Crippen molar-refractivity contribution >= 4 is 0 Å². The van der Waals surface area contributed by atoms with Crippen LogP contribution in [-0.4, -0.2) is 22.9 Å². The second-order valence-electron chi connectivity index (χ2n) is 6.21. The predicted molar refractivity (Wildman–Crippen MR) is 67.8 cm³/mol. The van der Waals surface area contributed by atoms with Crippen LogP contribution in [0, 0.1) is 5.92 Å². The van der Waals surface area contributed by atoms with Crippen molar-refractivity contribution < 1.29 is 9.84 Å². The van der Waals surface area contributed by atoms with Gasteiger partial charge in [-0.15, -0.1) is 0 Å². The first-order valence-electron chi connectivity index (χ1n) is 7.27. The lowest BCUT2D eigenvalue weighted by Gasteiger charge is -2.45. The van der Waals surface area contributed by atoms with Crippen molar-refractivity contribution in [2.24, 2.45) is 5.92 Å². The minimum absolute atomic E-state index is 0.129. The summed E-state index contributed by atoms with van der Waals surface area (Å²) in [7, 11) is 0. The topological polar surface area (TPSA) is 29.5 Å². The summed E-state index contributed by atoms with van der Waals surface area (Å²) >= 11 is 0. The fourth-order valence-corrected chi connectivity index (χ4v) is 4.04. The summed E-state index contributed by atoms with van der Waals surface area (Å²) in [6.45, 7) is 0.848. The number of aliphatic hydroxyl groups is 1. The molecule has 1 heterocycles. The van der Waals surface area contributed by atoms with Gasteiger partial charge in [0, 0.05) is 6.61 Å². The van der Waals surface area contributed by atoms with Crippen molar-refractivity contribution in [2.75, 3.05) is 6.61 Å². The Hall–Kier alpha value is -0.340. The normalized spacial score (nSPS) is 40.9. The van der Waals surface area contributed by atoms with E-state index in [1.807, 2.05) is 0 Å². The molecule has 1 spiro atoms. The highest BCUT2D eigenvalue weighted by Gasteiger charge is 2.46. The smallest absolute Gasteiger partial charge is 0.0857 e.